The minimum atomic E-state index is -4.64. The quantitative estimate of drug-likeness (QED) is 0.388. The molecule has 1 atom stereocenters. The van der Waals surface area contributed by atoms with Crippen molar-refractivity contribution in [3.63, 3.8) is 0 Å². The lowest BCUT2D eigenvalue weighted by Crippen LogP contribution is -2.38. The second-order valence-electron chi connectivity index (χ2n) is 7.91. The molecule has 8 nitrogen and oxygen atoms in total. The summed E-state index contributed by atoms with van der Waals surface area (Å²) in [7, 11) is -3.54. The molecule has 3 N–H and O–H groups in total. The first-order chi connectivity index (χ1) is 16.2. The molecule has 4 rings (SSSR count). The molecule has 0 radical (unpaired) electrons. The number of benzene rings is 1. The first kappa shape index (κ1) is 24.7. The van der Waals surface area contributed by atoms with E-state index >= 15 is 0 Å². The average Bonchev–Trinajstić information content (AvgIpc) is 3.23. The van der Waals surface area contributed by atoms with E-state index < -0.39 is 19.3 Å². The highest BCUT2D eigenvalue weighted by molar-refractivity contribution is 7.62. The lowest BCUT2D eigenvalue weighted by atomic mass is 10.1. The van der Waals surface area contributed by atoms with Crippen molar-refractivity contribution in [1.82, 2.24) is 20.3 Å². The normalized spacial score (nSPS) is 17.3. The van der Waals surface area contributed by atoms with Gasteiger partial charge in [0.2, 0.25) is 5.95 Å². The zero-order chi connectivity index (χ0) is 24.3. The summed E-state index contributed by atoms with van der Waals surface area (Å²) in [6.07, 6.45) is -0.522. The first-order valence-electron chi connectivity index (χ1n) is 11.2. The van der Waals surface area contributed by atoms with Crippen LogP contribution in [0.5, 0.6) is 0 Å². The third kappa shape index (κ3) is 5.12. The molecule has 184 valence electrons. The second kappa shape index (κ2) is 10.0. The van der Waals surface area contributed by atoms with Gasteiger partial charge in [0.05, 0.1) is 24.2 Å². The maximum absolute atomic E-state index is 13.8. The third-order valence-corrected chi connectivity index (χ3v) is 7.67. The van der Waals surface area contributed by atoms with E-state index in [4.69, 9.17) is 9.05 Å². The number of alkyl halides is 3. The molecular formula is C22H27F3N5O3P. The van der Waals surface area contributed by atoms with E-state index in [1.165, 1.54) is 6.20 Å². The Morgan fingerprint density at radius 2 is 2.00 bits per heavy atom. The van der Waals surface area contributed by atoms with Gasteiger partial charge in [0.1, 0.15) is 5.56 Å². The minimum Gasteiger partial charge on any atom is -0.360 e. The number of aromatic nitrogens is 3. The number of nitrogens with one attached hydrogen (secondary N) is 3. The van der Waals surface area contributed by atoms with Gasteiger partial charge in [0.15, 0.2) is 0 Å². The van der Waals surface area contributed by atoms with Crippen molar-refractivity contribution >= 4 is 29.8 Å². The van der Waals surface area contributed by atoms with Gasteiger partial charge >= 0.3 is 13.8 Å². The van der Waals surface area contributed by atoms with Gasteiger partial charge in [-0.1, -0.05) is 6.07 Å². The summed E-state index contributed by atoms with van der Waals surface area (Å²) in [5, 5.41) is 7.20. The molecule has 1 aliphatic heterocycles. The van der Waals surface area contributed by atoms with Crippen LogP contribution >= 0.6 is 7.60 Å². The predicted molar refractivity (Wildman–Crippen MR) is 124 cm³/mol. The molecule has 1 fully saturated rings. The largest absolute Gasteiger partial charge is 0.419 e. The van der Waals surface area contributed by atoms with E-state index in [1.54, 1.807) is 32.0 Å². The lowest BCUT2D eigenvalue weighted by molar-refractivity contribution is -0.137. The van der Waals surface area contributed by atoms with Crippen LogP contribution in [0.1, 0.15) is 32.3 Å². The molecule has 0 bridgehead atoms. The predicted octanol–water partition coefficient (Wildman–Crippen LogP) is 4.70. The number of aromatic amines is 1. The maximum atomic E-state index is 13.8. The van der Waals surface area contributed by atoms with E-state index in [0.29, 0.717) is 22.8 Å². The smallest absolute Gasteiger partial charge is 0.360 e. The van der Waals surface area contributed by atoms with E-state index in [1.807, 2.05) is 0 Å². The Hall–Kier alpha value is -2.46. The summed E-state index contributed by atoms with van der Waals surface area (Å²) in [4.78, 5) is 11.2. The van der Waals surface area contributed by atoms with Crippen LogP contribution in [0, 0.1) is 0 Å². The minimum absolute atomic E-state index is 0.0372. The molecule has 0 aliphatic carbocycles. The van der Waals surface area contributed by atoms with Gasteiger partial charge in [-0.05, 0) is 45.4 Å². The monoisotopic (exact) mass is 497 g/mol. The van der Waals surface area contributed by atoms with Crippen LogP contribution in [0.4, 0.5) is 19.1 Å². The van der Waals surface area contributed by atoms with Gasteiger partial charge in [-0.25, -0.2) is 9.97 Å². The first-order valence-corrected chi connectivity index (χ1v) is 12.7. The van der Waals surface area contributed by atoms with Gasteiger partial charge in [0, 0.05) is 41.4 Å². The van der Waals surface area contributed by atoms with Crippen molar-refractivity contribution in [2.45, 2.75) is 38.9 Å². The fraction of sp³-hybridized carbons (Fsp3) is 0.455. The Bertz CT molecular complexity index is 1180. The zero-order valence-corrected chi connectivity index (χ0v) is 19.8. The van der Waals surface area contributed by atoms with Gasteiger partial charge in [-0.2, -0.15) is 13.2 Å². The Morgan fingerprint density at radius 1 is 1.24 bits per heavy atom. The van der Waals surface area contributed by atoms with Gasteiger partial charge in [0.25, 0.3) is 0 Å². The topological polar surface area (TPSA) is 101 Å². The van der Waals surface area contributed by atoms with Crippen LogP contribution in [-0.4, -0.2) is 47.3 Å². The Kier molecular flexibility index (Phi) is 7.28. The molecule has 0 unspecified atom stereocenters. The van der Waals surface area contributed by atoms with Crippen LogP contribution < -0.4 is 15.9 Å². The zero-order valence-electron chi connectivity index (χ0n) is 18.9. The molecule has 2 aromatic heterocycles. The molecular weight excluding hydrogens is 470 g/mol. The van der Waals surface area contributed by atoms with Crippen LogP contribution in [0.2, 0.25) is 0 Å². The van der Waals surface area contributed by atoms with Crippen LogP contribution in [0.15, 0.2) is 30.6 Å². The van der Waals surface area contributed by atoms with E-state index in [9.17, 15) is 17.7 Å². The Labute approximate surface area is 195 Å². The highest BCUT2D eigenvalue weighted by Gasteiger charge is 2.36. The van der Waals surface area contributed by atoms with Crippen molar-refractivity contribution < 1.29 is 26.8 Å². The van der Waals surface area contributed by atoms with Crippen molar-refractivity contribution in [3.8, 4) is 11.3 Å². The number of nitrogens with zero attached hydrogens (tertiary/aromatic N) is 2. The number of hydrogen-bond donors (Lipinski definition) is 3. The number of anilines is 1. The fourth-order valence-electron chi connectivity index (χ4n) is 4.03. The standard InChI is InChI=1S/C22H27F3N5O3P/c1-3-32-34(31,33-4-2)15-7-8-16-17(12-27-19(16)10-15)20-18(22(23,24)25)13-28-21(30-20)29-14-6-5-9-26-11-14/h7-8,10,12-14,26-27H,3-6,9,11H2,1-2H3,(H,28,29,30)/t14-/m0/s1. The molecule has 34 heavy (non-hydrogen) atoms. The molecule has 12 heteroatoms. The average molecular weight is 497 g/mol. The number of piperidine rings is 1. The summed E-state index contributed by atoms with van der Waals surface area (Å²) in [5.41, 5.74) is -0.404. The summed E-state index contributed by atoms with van der Waals surface area (Å²) >= 11 is 0. The molecule has 1 saturated heterocycles. The van der Waals surface area contributed by atoms with Gasteiger partial charge < -0.3 is 24.7 Å². The van der Waals surface area contributed by atoms with Crippen molar-refractivity contribution in [1.29, 1.82) is 0 Å². The summed E-state index contributed by atoms with van der Waals surface area (Å²) in [5.74, 6) is 0.139. The molecule has 0 spiro atoms. The van der Waals surface area contributed by atoms with Crippen LogP contribution in [0.3, 0.4) is 0 Å². The lowest BCUT2D eigenvalue weighted by Gasteiger charge is -2.24. The number of rotatable bonds is 8. The SMILES string of the molecule is CCOP(=O)(OCC)c1ccc2c(-c3nc(N[C@H]4CCCNC4)ncc3C(F)(F)F)c[nH]c2c1. The summed E-state index contributed by atoms with van der Waals surface area (Å²) in [6.45, 7) is 5.39. The Morgan fingerprint density at radius 3 is 2.65 bits per heavy atom. The van der Waals surface area contributed by atoms with Crippen LogP contribution in [0.25, 0.3) is 22.2 Å². The van der Waals surface area contributed by atoms with Gasteiger partial charge in [-0.3, -0.25) is 4.57 Å². The molecule has 0 saturated carbocycles. The second-order valence-corrected chi connectivity index (χ2v) is 9.93. The van der Waals surface area contributed by atoms with Crippen molar-refractivity contribution in [2.24, 2.45) is 0 Å². The Balaban J connectivity index is 1.76. The number of fused-ring (bicyclic) bond motifs is 1. The van der Waals surface area contributed by atoms with Crippen molar-refractivity contribution in [3.05, 3.63) is 36.2 Å². The van der Waals surface area contributed by atoms with E-state index in [2.05, 4.69) is 25.6 Å². The molecule has 0 amide bonds. The molecule has 3 heterocycles. The summed E-state index contributed by atoms with van der Waals surface area (Å²) in [6, 6.07) is 4.76. The summed E-state index contributed by atoms with van der Waals surface area (Å²) < 4.78 is 65.4. The number of hydrogen-bond acceptors (Lipinski definition) is 7. The molecule has 3 aromatic rings. The number of H-pyrrole nitrogens is 1. The fourth-order valence-corrected chi connectivity index (χ4v) is 5.63. The number of halogens is 3. The van der Waals surface area contributed by atoms with E-state index in [0.717, 1.165) is 25.6 Å². The maximum Gasteiger partial charge on any atom is 0.419 e. The highest BCUT2D eigenvalue weighted by Crippen LogP contribution is 2.47. The van der Waals surface area contributed by atoms with Gasteiger partial charge in [-0.15, -0.1) is 0 Å². The molecule has 1 aliphatic rings. The highest BCUT2D eigenvalue weighted by atomic mass is 31.2. The third-order valence-electron chi connectivity index (χ3n) is 5.56. The van der Waals surface area contributed by atoms with Crippen LogP contribution in [-0.2, 0) is 19.8 Å². The van der Waals surface area contributed by atoms with Crippen molar-refractivity contribution in [2.75, 3.05) is 31.6 Å². The molecule has 1 aromatic carbocycles. The van der Waals surface area contributed by atoms with E-state index in [-0.39, 0.29) is 36.5 Å².